The third-order valence-electron chi connectivity index (χ3n) is 3.97. The van der Waals surface area contributed by atoms with Crippen molar-refractivity contribution in [3.63, 3.8) is 0 Å². The zero-order valence-corrected chi connectivity index (χ0v) is 11.7. The van der Waals surface area contributed by atoms with Crippen molar-refractivity contribution in [3.05, 3.63) is 23.8 Å². The summed E-state index contributed by atoms with van der Waals surface area (Å²) in [5, 5.41) is 0. The zero-order valence-electron chi connectivity index (χ0n) is 11.7. The van der Waals surface area contributed by atoms with Gasteiger partial charge in [0.25, 0.3) is 0 Å². The maximum Gasteiger partial charge on any atom is 0.119 e. The van der Waals surface area contributed by atoms with Gasteiger partial charge < -0.3 is 15.4 Å². The maximum absolute atomic E-state index is 6.66. The van der Waals surface area contributed by atoms with Crippen molar-refractivity contribution in [2.75, 3.05) is 26.1 Å². The Morgan fingerprint density at radius 1 is 1.17 bits per heavy atom. The van der Waals surface area contributed by atoms with E-state index in [1.807, 2.05) is 6.07 Å². The first kappa shape index (κ1) is 13.2. The third kappa shape index (κ3) is 2.46. The van der Waals surface area contributed by atoms with Gasteiger partial charge in [0.05, 0.1) is 7.11 Å². The number of nitrogens with two attached hydrogens (primary N) is 1. The van der Waals surface area contributed by atoms with E-state index in [-0.39, 0.29) is 5.54 Å². The van der Waals surface area contributed by atoms with Crippen LogP contribution in [0.15, 0.2) is 18.2 Å². The van der Waals surface area contributed by atoms with E-state index in [4.69, 9.17) is 10.5 Å². The fraction of sp³-hybridized carbons (Fsp3) is 0.600. The molecule has 2 N–H and O–H groups in total. The molecule has 1 fully saturated rings. The summed E-state index contributed by atoms with van der Waals surface area (Å²) in [6.07, 6.45) is 5.89. The highest BCUT2D eigenvalue weighted by Crippen LogP contribution is 2.40. The van der Waals surface area contributed by atoms with Crippen LogP contribution in [0.2, 0.25) is 0 Å². The van der Waals surface area contributed by atoms with Gasteiger partial charge in [-0.1, -0.05) is 19.3 Å². The lowest BCUT2D eigenvalue weighted by Gasteiger charge is -2.36. The van der Waals surface area contributed by atoms with E-state index in [9.17, 15) is 0 Å². The van der Waals surface area contributed by atoms with Gasteiger partial charge in [-0.2, -0.15) is 0 Å². The van der Waals surface area contributed by atoms with Crippen molar-refractivity contribution in [1.82, 2.24) is 0 Å². The number of ether oxygens (including phenoxy) is 1. The van der Waals surface area contributed by atoms with Gasteiger partial charge in [-0.3, -0.25) is 0 Å². The molecule has 0 unspecified atom stereocenters. The Labute approximate surface area is 110 Å². The molecule has 1 aliphatic carbocycles. The number of benzene rings is 1. The van der Waals surface area contributed by atoms with E-state index in [0.29, 0.717) is 0 Å². The van der Waals surface area contributed by atoms with Crippen LogP contribution in [0.1, 0.15) is 37.7 Å². The Morgan fingerprint density at radius 3 is 2.39 bits per heavy atom. The van der Waals surface area contributed by atoms with Gasteiger partial charge in [-0.25, -0.2) is 0 Å². The summed E-state index contributed by atoms with van der Waals surface area (Å²) >= 11 is 0. The van der Waals surface area contributed by atoms with Crippen LogP contribution in [0, 0.1) is 0 Å². The summed E-state index contributed by atoms with van der Waals surface area (Å²) in [4.78, 5) is 2.14. The first-order valence-electron chi connectivity index (χ1n) is 6.71. The highest BCUT2D eigenvalue weighted by Gasteiger charge is 2.32. The minimum atomic E-state index is -0.188. The minimum absolute atomic E-state index is 0.188. The molecule has 0 aromatic heterocycles. The van der Waals surface area contributed by atoms with E-state index in [1.54, 1.807) is 7.11 Å². The van der Waals surface area contributed by atoms with Crippen LogP contribution in [0.3, 0.4) is 0 Å². The van der Waals surface area contributed by atoms with Gasteiger partial charge >= 0.3 is 0 Å². The molecule has 0 amide bonds. The molecule has 0 saturated heterocycles. The summed E-state index contributed by atoms with van der Waals surface area (Å²) in [7, 11) is 5.84. The summed E-state index contributed by atoms with van der Waals surface area (Å²) in [6.45, 7) is 0. The third-order valence-corrected chi connectivity index (χ3v) is 3.97. The monoisotopic (exact) mass is 248 g/mol. The van der Waals surface area contributed by atoms with Crippen LogP contribution in [0.25, 0.3) is 0 Å². The molecule has 3 heteroatoms. The molecule has 1 saturated carbocycles. The average molecular weight is 248 g/mol. The second kappa shape index (κ2) is 5.19. The van der Waals surface area contributed by atoms with Crippen molar-refractivity contribution in [3.8, 4) is 5.75 Å². The predicted molar refractivity (Wildman–Crippen MR) is 76.3 cm³/mol. The number of rotatable bonds is 3. The summed E-state index contributed by atoms with van der Waals surface area (Å²) in [5.74, 6) is 0.894. The second-order valence-electron chi connectivity index (χ2n) is 5.49. The predicted octanol–water partition coefficient (Wildman–Crippen LogP) is 2.88. The number of nitrogens with zero attached hydrogens (tertiary/aromatic N) is 1. The van der Waals surface area contributed by atoms with Crippen molar-refractivity contribution >= 4 is 5.69 Å². The molecule has 1 aliphatic rings. The van der Waals surface area contributed by atoms with Gasteiger partial charge in [0.2, 0.25) is 0 Å². The van der Waals surface area contributed by atoms with Crippen molar-refractivity contribution in [2.24, 2.45) is 5.73 Å². The van der Waals surface area contributed by atoms with Crippen molar-refractivity contribution < 1.29 is 4.74 Å². The zero-order chi connectivity index (χ0) is 13.2. The van der Waals surface area contributed by atoms with Crippen LogP contribution in [0.4, 0.5) is 5.69 Å². The molecule has 1 aromatic rings. The molecule has 0 radical (unpaired) electrons. The first-order chi connectivity index (χ1) is 8.57. The molecule has 0 atom stereocenters. The van der Waals surface area contributed by atoms with E-state index in [1.165, 1.54) is 30.5 Å². The Morgan fingerprint density at radius 2 is 1.83 bits per heavy atom. The first-order valence-corrected chi connectivity index (χ1v) is 6.71. The molecule has 100 valence electrons. The minimum Gasteiger partial charge on any atom is -0.497 e. The molecule has 2 rings (SSSR count). The lowest BCUT2D eigenvalue weighted by molar-refractivity contribution is 0.301. The second-order valence-corrected chi connectivity index (χ2v) is 5.49. The normalized spacial score (nSPS) is 18.4. The lowest BCUT2D eigenvalue weighted by Crippen LogP contribution is -2.39. The Hall–Kier alpha value is -1.22. The van der Waals surface area contributed by atoms with E-state index in [2.05, 4.69) is 31.1 Å². The molecule has 0 heterocycles. The number of hydrogen-bond acceptors (Lipinski definition) is 3. The number of methoxy groups -OCH3 is 1. The topological polar surface area (TPSA) is 38.5 Å². The molecule has 0 aliphatic heterocycles. The largest absolute Gasteiger partial charge is 0.497 e. The molecule has 3 nitrogen and oxygen atoms in total. The van der Waals surface area contributed by atoms with E-state index < -0.39 is 0 Å². The molecule has 0 spiro atoms. The van der Waals surface area contributed by atoms with Crippen LogP contribution < -0.4 is 15.4 Å². The Balaban J connectivity index is 2.45. The Bertz CT molecular complexity index is 409. The average Bonchev–Trinajstić information content (AvgIpc) is 2.38. The Kier molecular flexibility index (Phi) is 3.81. The van der Waals surface area contributed by atoms with Gasteiger partial charge in [-0.15, -0.1) is 0 Å². The fourth-order valence-electron chi connectivity index (χ4n) is 2.88. The van der Waals surface area contributed by atoms with E-state index >= 15 is 0 Å². The SMILES string of the molecule is COc1ccc(N(C)C)c(C2(N)CCCCC2)c1. The van der Waals surface area contributed by atoms with Crippen LogP contribution >= 0.6 is 0 Å². The highest BCUT2D eigenvalue weighted by atomic mass is 16.5. The smallest absolute Gasteiger partial charge is 0.119 e. The van der Waals surface area contributed by atoms with Crippen molar-refractivity contribution in [2.45, 2.75) is 37.6 Å². The van der Waals surface area contributed by atoms with Gasteiger partial charge in [0.15, 0.2) is 0 Å². The van der Waals surface area contributed by atoms with Gasteiger partial charge in [0.1, 0.15) is 5.75 Å². The number of hydrogen-bond donors (Lipinski definition) is 1. The molecular formula is C15H24N2O. The van der Waals surface area contributed by atoms with Crippen LogP contribution in [0.5, 0.6) is 5.75 Å². The summed E-state index contributed by atoms with van der Waals surface area (Å²) in [6, 6.07) is 6.23. The van der Waals surface area contributed by atoms with Crippen LogP contribution in [-0.2, 0) is 5.54 Å². The van der Waals surface area contributed by atoms with E-state index in [0.717, 1.165) is 18.6 Å². The standard InChI is InChI=1S/C15H24N2O/c1-17(2)14-8-7-12(18-3)11-13(14)15(16)9-5-4-6-10-15/h7-8,11H,4-6,9-10,16H2,1-3H3. The molecular weight excluding hydrogens is 224 g/mol. The molecule has 1 aromatic carbocycles. The lowest BCUT2D eigenvalue weighted by atomic mass is 9.76. The van der Waals surface area contributed by atoms with Crippen molar-refractivity contribution in [1.29, 1.82) is 0 Å². The molecule has 0 bridgehead atoms. The molecule has 18 heavy (non-hydrogen) atoms. The van der Waals surface area contributed by atoms with Gasteiger partial charge in [0, 0.05) is 25.3 Å². The highest BCUT2D eigenvalue weighted by molar-refractivity contribution is 5.58. The maximum atomic E-state index is 6.66. The van der Waals surface area contributed by atoms with Crippen LogP contribution in [-0.4, -0.2) is 21.2 Å². The number of anilines is 1. The van der Waals surface area contributed by atoms with Gasteiger partial charge in [-0.05, 0) is 36.6 Å². The summed E-state index contributed by atoms with van der Waals surface area (Å²) in [5.41, 5.74) is 8.91. The quantitative estimate of drug-likeness (QED) is 0.894. The fourth-order valence-corrected chi connectivity index (χ4v) is 2.88. The summed E-state index contributed by atoms with van der Waals surface area (Å²) < 4.78 is 5.35.